The standard InChI is InChI=1S/C35H42BClN2O5/c1-3-23(18-25-10-11-27(40)19-30(25)37)9-12-31-32-22(2)17-28-33(29(32)20-36(43)44-31)35(42)39(34(28)41)26-13-15-38(16-14-26)21-24-7-5-4-6-8-24/h4-8,10-11,18-19,26,28-29,31,33,40,43H,3,9,12-17,20-21H2,1-2H3/b23-18+/t28-,29+,31-,33-/m1/s1. The van der Waals surface area contributed by atoms with Crippen LogP contribution in [0.1, 0.15) is 63.5 Å². The largest absolute Gasteiger partial charge is 0.508 e. The van der Waals surface area contributed by atoms with Crippen LogP contribution in [0.25, 0.3) is 6.08 Å². The molecule has 0 saturated carbocycles. The van der Waals surface area contributed by atoms with E-state index < -0.39 is 13.0 Å². The van der Waals surface area contributed by atoms with Crippen LogP contribution in [0.15, 0.2) is 65.3 Å². The summed E-state index contributed by atoms with van der Waals surface area (Å²) in [5, 5.41) is 21.1. The number of phenolic OH excluding ortho intramolecular Hbond substituents is 1. The van der Waals surface area contributed by atoms with E-state index in [1.54, 1.807) is 17.0 Å². The number of rotatable bonds is 8. The molecule has 2 amide bonds. The van der Waals surface area contributed by atoms with E-state index in [4.69, 9.17) is 16.3 Å². The smallest absolute Gasteiger partial charge is 0.455 e. The number of phenols is 1. The third-order valence-corrected chi connectivity index (χ3v) is 10.5. The van der Waals surface area contributed by atoms with Gasteiger partial charge >= 0.3 is 7.12 Å². The van der Waals surface area contributed by atoms with Gasteiger partial charge in [-0.2, -0.15) is 0 Å². The Morgan fingerprint density at radius 2 is 1.84 bits per heavy atom. The molecule has 4 atom stereocenters. The molecule has 0 radical (unpaired) electrons. The van der Waals surface area contributed by atoms with Crippen LogP contribution in [0.3, 0.4) is 0 Å². The maximum absolute atomic E-state index is 14.1. The second kappa shape index (κ2) is 13.2. The van der Waals surface area contributed by atoms with Gasteiger partial charge in [0.15, 0.2) is 0 Å². The maximum atomic E-state index is 14.1. The monoisotopic (exact) mass is 616 g/mol. The van der Waals surface area contributed by atoms with E-state index >= 15 is 0 Å². The van der Waals surface area contributed by atoms with Crippen LogP contribution >= 0.6 is 11.6 Å². The molecule has 0 bridgehead atoms. The van der Waals surface area contributed by atoms with Gasteiger partial charge in [0.25, 0.3) is 0 Å². The molecule has 44 heavy (non-hydrogen) atoms. The first-order valence-corrected chi connectivity index (χ1v) is 16.5. The predicted octanol–water partition coefficient (Wildman–Crippen LogP) is 6.10. The fourth-order valence-corrected chi connectivity index (χ4v) is 8.23. The molecule has 3 fully saturated rings. The topological polar surface area (TPSA) is 90.3 Å². The molecule has 0 aromatic heterocycles. The van der Waals surface area contributed by atoms with E-state index in [0.717, 1.165) is 62.0 Å². The Bertz CT molecular complexity index is 1450. The number of carbonyl (C=O) groups excluding carboxylic acids is 2. The highest BCUT2D eigenvalue weighted by atomic mass is 35.5. The molecule has 232 valence electrons. The molecule has 2 aromatic carbocycles. The molecule has 0 spiro atoms. The summed E-state index contributed by atoms with van der Waals surface area (Å²) in [6.45, 7) is 6.76. The number of nitrogens with zero attached hydrogens (tertiary/aromatic N) is 2. The maximum Gasteiger partial charge on any atom is 0.455 e. The van der Waals surface area contributed by atoms with Crippen molar-refractivity contribution in [1.82, 2.24) is 9.80 Å². The minimum atomic E-state index is -0.973. The van der Waals surface area contributed by atoms with Crippen molar-refractivity contribution in [3.05, 3.63) is 81.4 Å². The number of likely N-dealkylation sites (tertiary alicyclic amines) is 2. The lowest BCUT2D eigenvalue weighted by Gasteiger charge is -2.42. The van der Waals surface area contributed by atoms with Gasteiger partial charge in [0.05, 0.1) is 23.0 Å². The van der Waals surface area contributed by atoms with Crippen molar-refractivity contribution in [3.63, 3.8) is 0 Å². The van der Waals surface area contributed by atoms with Crippen LogP contribution in [0.2, 0.25) is 11.3 Å². The van der Waals surface area contributed by atoms with Gasteiger partial charge in [-0.3, -0.25) is 19.4 Å². The van der Waals surface area contributed by atoms with Crippen LogP contribution in [-0.4, -0.2) is 64.1 Å². The quantitative estimate of drug-likeness (QED) is 0.212. The Morgan fingerprint density at radius 1 is 1.09 bits per heavy atom. The number of benzene rings is 2. The molecule has 3 saturated heterocycles. The average molecular weight is 617 g/mol. The number of hydrogen-bond donors (Lipinski definition) is 2. The molecule has 9 heteroatoms. The number of hydrogen-bond acceptors (Lipinski definition) is 6. The minimum Gasteiger partial charge on any atom is -0.508 e. The first-order valence-electron chi connectivity index (χ1n) is 16.1. The summed E-state index contributed by atoms with van der Waals surface area (Å²) in [4.78, 5) is 31.9. The van der Waals surface area contributed by atoms with Crippen LogP contribution in [0.4, 0.5) is 0 Å². The van der Waals surface area contributed by atoms with E-state index in [1.807, 2.05) is 6.07 Å². The van der Waals surface area contributed by atoms with Gasteiger partial charge in [-0.25, -0.2) is 0 Å². The van der Waals surface area contributed by atoms with Crippen LogP contribution < -0.4 is 0 Å². The Kier molecular flexibility index (Phi) is 9.34. The molecule has 3 aliphatic heterocycles. The summed E-state index contributed by atoms with van der Waals surface area (Å²) >= 11 is 6.36. The molecule has 3 heterocycles. The molecule has 4 aliphatic rings. The second-order valence-corrected chi connectivity index (χ2v) is 13.3. The average Bonchev–Trinajstić information content (AvgIpc) is 3.25. The lowest BCUT2D eigenvalue weighted by atomic mass is 9.58. The summed E-state index contributed by atoms with van der Waals surface area (Å²) in [5.74, 6) is -0.928. The van der Waals surface area contributed by atoms with Gasteiger partial charge in [0.1, 0.15) is 5.75 Å². The summed E-state index contributed by atoms with van der Waals surface area (Å²) in [6, 6.07) is 15.3. The second-order valence-electron chi connectivity index (χ2n) is 12.9. The number of halogens is 1. The zero-order valence-corrected chi connectivity index (χ0v) is 26.4. The highest BCUT2D eigenvalue weighted by Crippen LogP contribution is 2.51. The number of piperidine rings is 1. The fourth-order valence-electron chi connectivity index (χ4n) is 8.00. The van der Waals surface area contributed by atoms with Crippen molar-refractivity contribution >= 4 is 36.6 Å². The van der Waals surface area contributed by atoms with E-state index in [9.17, 15) is 19.7 Å². The first kappa shape index (κ1) is 31.1. The molecule has 2 N–H and O–H groups in total. The van der Waals surface area contributed by atoms with Gasteiger partial charge in [-0.15, -0.1) is 0 Å². The highest BCUT2D eigenvalue weighted by Gasteiger charge is 2.58. The van der Waals surface area contributed by atoms with Gasteiger partial charge in [0.2, 0.25) is 11.8 Å². The van der Waals surface area contributed by atoms with Gasteiger partial charge in [-0.1, -0.05) is 66.1 Å². The number of aromatic hydroxyl groups is 1. The van der Waals surface area contributed by atoms with Crippen molar-refractivity contribution < 1.29 is 24.4 Å². The van der Waals surface area contributed by atoms with Gasteiger partial charge in [-0.05, 0) is 92.6 Å². The molecule has 7 nitrogen and oxygen atoms in total. The van der Waals surface area contributed by atoms with E-state index in [1.165, 1.54) is 17.2 Å². The summed E-state index contributed by atoms with van der Waals surface area (Å²) in [7, 11) is -0.973. The summed E-state index contributed by atoms with van der Waals surface area (Å²) in [5.41, 5.74) is 5.54. The van der Waals surface area contributed by atoms with Crippen molar-refractivity contribution in [3.8, 4) is 5.75 Å². The molecular formula is C35H42BClN2O5. The number of carbonyl (C=O) groups is 2. The Hall–Kier alpha value is -2.91. The molecule has 1 aliphatic carbocycles. The fraction of sp³-hybridized carbons (Fsp3) is 0.486. The third kappa shape index (κ3) is 6.27. The van der Waals surface area contributed by atoms with Gasteiger partial charge in [0, 0.05) is 25.7 Å². The minimum absolute atomic E-state index is 0.0283. The molecule has 2 aromatic rings. The Labute approximate surface area is 265 Å². The first-order chi connectivity index (χ1) is 21.2. The van der Waals surface area contributed by atoms with Crippen LogP contribution in [0.5, 0.6) is 5.75 Å². The van der Waals surface area contributed by atoms with Crippen molar-refractivity contribution in [2.75, 3.05) is 13.1 Å². The number of fused-ring (bicyclic) bond motifs is 3. The Morgan fingerprint density at radius 3 is 2.55 bits per heavy atom. The zero-order valence-electron chi connectivity index (χ0n) is 25.6. The number of amides is 2. The van der Waals surface area contributed by atoms with Crippen molar-refractivity contribution in [1.29, 1.82) is 0 Å². The zero-order chi connectivity index (χ0) is 31.0. The molecular weight excluding hydrogens is 575 g/mol. The third-order valence-electron chi connectivity index (χ3n) is 10.2. The normalized spacial score (nSPS) is 26.8. The van der Waals surface area contributed by atoms with E-state index in [2.05, 4.69) is 49.1 Å². The van der Waals surface area contributed by atoms with Crippen molar-refractivity contribution in [2.24, 2.45) is 17.8 Å². The molecule has 6 rings (SSSR count). The van der Waals surface area contributed by atoms with Crippen molar-refractivity contribution in [2.45, 2.75) is 77.4 Å². The molecule has 0 unspecified atom stereocenters. The summed E-state index contributed by atoms with van der Waals surface area (Å²) in [6.07, 6.45) is 6.46. The lowest BCUT2D eigenvalue weighted by Crippen LogP contribution is -2.48. The summed E-state index contributed by atoms with van der Waals surface area (Å²) < 4.78 is 6.12. The van der Waals surface area contributed by atoms with E-state index in [0.29, 0.717) is 24.2 Å². The van der Waals surface area contributed by atoms with Crippen LogP contribution in [-0.2, 0) is 20.8 Å². The van der Waals surface area contributed by atoms with E-state index in [-0.39, 0.29) is 41.5 Å². The lowest BCUT2D eigenvalue weighted by molar-refractivity contribution is -0.144. The Balaban J connectivity index is 1.15. The highest BCUT2D eigenvalue weighted by molar-refractivity contribution is 6.43. The van der Waals surface area contributed by atoms with Gasteiger partial charge < -0.3 is 14.8 Å². The number of allylic oxidation sites excluding steroid dienone is 2. The predicted molar refractivity (Wildman–Crippen MR) is 173 cm³/mol. The number of imide groups is 1. The SMILES string of the molecule is CC/C(=C\c1ccc(O)cc1Cl)CC[C@H]1OB(O)C[C@H]2C1=C(C)C[C@H]1C(=O)N(C3CCN(Cc4ccccc4)CC3)C(=O)[C@H]12. The van der Waals surface area contributed by atoms with Crippen LogP contribution in [0, 0.1) is 17.8 Å².